The lowest BCUT2D eigenvalue weighted by Gasteiger charge is -2.33. The van der Waals surface area contributed by atoms with Crippen molar-refractivity contribution in [3.05, 3.63) is 33.4 Å². The molecule has 2 nitrogen and oxygen atoms in total. The lowest BCUT2D eigenvalue weighted by Crippen LogP contribution is -2.32. The molecule has 112 valence electrons. The van der Waals surface area contributed by atoms with Crippen molar-refractivity contribution < 1.29 is 4.74 Å². The molecule has 1 aliphatic rings. The Balaban J connectivity index is 2.48. The van der Waals surface area contributed by atoms with E-state index in [9.17, 15) is 0 Å². The first-order valence-electron chi connectivity index (χ1n) is 7.80. The first kappa shape index (κ1) is 15.5. The number of rotatable bonds is 3. The Morgan fingerprint density at radius 3 is 1.95 bits per heavy atom. The molecule has 1 aromatic rings. The summed E-state index contributed by atoms with van der Waals surface area (Å²) in [7, 11) is 2.09. The minimum absolute atomic E-state index is 0.410. The van der Waals surface area contributed by atoms with Gasteiger partial charge in [0.2, 0.25) is 0 Å². The summed E-state index contributed by atoms with van der Waals surface area (Å²) in [5.41, 5.74) is 8.74. The van der Waals surface area contributed by atoms with Gasteiger partial charge in [-0.25, -0.2) is 0 Å². The van der Waals surface area contributed by atoms with Gasteiger partial charge in [-0.15, -0.1) is 0 Å². The molecule has 1 aliphatic heterocycles. The highest BCUT2D eigenvalue weighted by atomic mass is 16.5. The zero-order chi connectivity index (χ0) is 14.9. The van der Waals surface area contributed by atoms with Gasteiger partial charge in [-0.3, -0.25) is 0 Å². The summed E-state index contributed by atoms with van der Waals surface area (Å²) in [4.78, 5) is 0. The maximum Gasteiger partial charge on any atom is 0.0512 e. The molecule has 20 heavy (non-hydrogen) atoms. The molecule has 0 bridgehead atoms. The van der Waals surface area contributed by atoms with Crippen LogP contribution in [0.15, 0.2) is 0 Å². The Kier molecular flexibility index (Phi) is 4.87. The number of hydrogen-bond acceptors (Lipinski definition) is 2. The summed E-state index contributed by atoms with van der Waals surface area (Å²) in [6.45, 7) is 13.1. The second kappa shape index (κ2) is 6.28. The first-order valence-corrected chi connectivity index (χ1v) is 7.80. The fraction of sp³-hybridized carbons (Fsp3) is 0.667. The SMILES string of the molecule is CNC(c1c(C)c(C)c(C)c(C)c1C)C1CCCOC1. The van der Waals surface area contributed by atoms with Crippen LogP contribution in [0.3, 0.4) is 0 Å². The van der Waals surface area contributed by atoms with E-state index >= 15 is 0 Å². The second-order valence-corrected chi connectivity index (χ2v) is 6.28. The Morgan fingerprint density at radius 1 is 0.950 bits per heavy atom. The molecular formula is C18H29NO. The molecule has 1 fully saturated rings. The van der Waals surface area contributed by atoms with E-state index in [4.69, 9.17) is 4.74 Å². The summed E-state index contributed by atoms with van der Waals surface area (Å²) in [5, 5.41) is 3.56. The van der Waals surface area contributed by atoms with E-state index < -0.39 is 0 Å². The van der Waals surface area contributed by atoms with Crippen molar-refractivity contribution in [2.45, 2.75) is 53.5 Å². The molecule has 2 unspecified atom stereocenters. The predicted molar refractivity (Wildman–Crippen MR) is 85.5 cm³/mol. The van der Waals surface area contributed by atoms with Crippen LogP contribution in [0.4, 0.5) is 0 Å². The minimum atomic E-state index is 0.410. The Hall–Kier alpha value is -0.860. The number of hydrogen-bond donors (Lipinski definition) is 1. The van der Waals surface area contributed by atoms with Crippen molar-refractivity contribution in [1.29, 1.82) is 0 Å². The zero-order valence-corrected chi connectivity index (χ0v) is 13.9. The van der Waals surface area contributed by atoms with Crippen molar-refractivity contribution in [3.63, 3.8) is 0 Å². The van der Waals surface area contributed by atoms with E-state index in [1.54, 1.807) is 0 Å². The van der Waals surface area contributed by atoms with Crippen LogP contribution >= 0.6 is 0 Å². The molecule has 0 saturated carbocycles. The van der Waals surface area contributed by atoms with Crippen LogP contribution in [0.5, 0.6) is 0 Å². The van der Waals surface area contributed by atoms with Crippen LogP contribution in [0, 0.1) is 40.5 Å². The van der Waals surface area contributed by atoms with Gasteiger partial charge >= 0.3 is 0 Å². The molecule has 1 saturated heterocycles. The van der Waals surface area contributed by atoms with Crippen LogP contribution < -0.4 is 5.32 Å². The van der Waals surface area contributed by atoms with Gasteiger partial charge in [0.15, 0.2) is 0 Å². The average molecular weight is 275 g/mol. The molecule has 0 spiro atoms. The normalized spacial score (nSPS) is 21.0. The van der Waals surface area contributed by atoms with E-state index in [-0.39, 0.29) is 0 Å². The number of ether oxygens (including phenoxy) is 1. The third kappa shape index (κ3) is 2.64. The lowest BCUT2D eigenvalue weighted by atomic mass is 9.80. The molecular weight excluding hydrogens is 246 g/mol. The highest BCUT2D eigenvalue weighted by Crippen LogP contribution is 2.36. The summed E-state index contributed by atoms with van der Waals surface area (Å²) in [5.74, 6) is 0.590. The van der Waals surface area contributed by atoms with Gasteiger partial charge < -0.3 is 10.1 Å². The van der Waals surface area contributed by atoms with Crippen molar-refractivity contribution in [2.75, 3.05) is 20.3 Å². The third-order valence-electron chi connectivity index (χ3n) is 5.35. The molecule has 0 amide bonds. The topological polar surface area (TPSA) is 21.3 Å². The van der Waals surface area contributed by atoms with Crippen molar-refractivity contribution in [1.82, 2.24) is 5.32 Å². The van der Waals surface area contributed by atoms with Crippen LogP contribution in [-0.2, 0) is 4.74 Å². The van der Waals surface area contributed by atoms with Crippen LogP contribution in [0.1, 0.15) is 52.3 Å². The number of benzene rings is 1. The molecule has 1 heterocycles. The van der Waals surface area contributed by atoms with Crippen molar-refractivity contribution >= 4 is 0 Å². The Bertz CT molecular complexity index is 458. The van der Waals surface area contributed by atoms with Gasteiger partial charge in [-0.2, -0.15) is 0 Å². The monoisotopic (exact) mass is 275 g/mol. The average Bonchev–Trinajstić information content (AvgIpc) is 2.48. The van der Waals surface area contributed by atoms with E-state index in [0.717, 1.165) is 13.2 Å². The van der Waals surface area contributed by atoms with Gasteiger partial charge in [0.25, 0.3) is 0 Å². The zero-order valence-electron chi connectivity index (χ0n) is 13.9. The number of nitrogens with one attached hydrogen (secondary N) is 1. The molecule has 1 aromatic carbocycles. The van der Waals surface area contributed by atoms with Gasteiger partial charge in [-0.05, 0) is 87.9 Å². The maximum absolute atomic E-state index is 5.71. The fourth-order valence-electron chi connectivity index (χ4n) is 3.64. The predicted octanol–water partition coefficient (Wildman–Crippen LogP) is 3.92. The van der Waals surface area contributed by atoms with Gasteiger partial charge in [0, 0.05) is 18.6 Å². The van der Waals surface area contributed by atoms with E-state index in [2.05, 4.69) is 47.0 Å². The van der Waals surface area contributed by atoms with Crippen LogP contribution in [0.25, 0.3) is 0 Å². The summed E-state index contributed by atoms with van der Waals surface area (Å²) in [6, 6.07) is 0.410. The van der Waals surface area contributed by atoms with Crippen molar-refractivity contribution in [2.24, 2.45) is 5.92 Å². The summed E-state index contributed by atoms with van der Waals surface area (Å²) < 4.78 is 5.71. The maximum atomic E-state index is 5.71. The standard InChI is InChI=1S/C18H29NO/c1-11-12(2)14(4)17(15(5)13(11)3)18(19-6)16-8-7-9-20-10-16/h16,18-19H,7-10H2,1-6H3. The smallest absolute Gasteiger partial charge is 0.0512 e. The first-order chi connectivity index (χ1) is 9.49. The third-order valence-corrected chi connectivity index (χ3v) is 5.35. The highest BCUT2D eigenvalue weighted by molar-refractivity contribution is 5.50. The van der Waals surface area contributed by atoms with E-state index in [1.165, 1.54) is 46.2 Å². The lowest BCUT2D eigenvalue weighted by molar-refractivity contribution is 0.0400. The molecule has 2 heteroatoms. The minimum Gasteiger partial charge on any atom is -0.381 e. The van der Waals surface area contributed by atoms with Gasteiger partial charge in [0.1, 0.15) is 0 Å². The van der Waals surface area contributed by atoms with Crippen LogP contribution in [0.2, 0.25) is 0 Å². The van der Waals surface area contributed by atoms with Crippen LogP contribution in [-0.4, -0.2) is 20.3 Å². The Morgan fingerprint density at radius 2 is 1.50 bits per heavy atom. The van der Waals surface area contributed by atoms with E-state index in [1.807, 2.05) is 0 Å². The molecule has 1 N–H and O–H groups in total. The van der Waals surface area contributed by atoms with Gasteiger partial charge in [-0.1, -0.05) is 0 Å². The largest absolute Gasteiger partial charge is 0.381 e. The quantitative estimate of drug-likeness (QED) is 0.903. The molecule has 0 aliphatic carbocycles. The van der Waals surface area contributed by atoms with Gasteiger partial charge in [0.05, 0.1) is 6.61 Å². The molecule has 0 radical (unpaired) electrons. The second-order valence-electron chi connectivity index (χ2n) is 6.28. The molecule has 2 atom stereocenters. The summed E-state index contributed by atoms with van der Waals surface area (Å²) >= 11 is 0. The highest BCUT2D eigenvalue weighted by Gasteiger charge is 2.28. The van der Waals surface area contributed by atoms with Crippen molar-refractivity contribution in [3.8, 4) is 0 Å². The molecule has 0 aromatic heterocycles. The molecule has 2 rings (SSSR count). The summed E-state index contributed by atoms with van der Waals surface area (Å²) in [6.07, 6.45) is 2.45. The fourth-order valence-corrected chi connectivity index (χ4v) is 3.64. The van der Waals surface area contributed by atoms with E-state index in [0.29, 0.717) is 12.0 Å². The Labute approximate surface area is 123 Å².